The maximum Gasteiger partial charge on any atom is 0.255 e. The molecule has 3 heterocycles. The number of carbonyl (C=O) groups excluding carboxylic acids is 3. The highest BCUT2D eigenvalue weighted by molar-refractivity contribution is 6.05. The molecule has 1 N–H and O–H groups in total. The fraction of sp³-hybridized carbons (Fsp3) is 0.379. The molecule has 1 fully saturated rings. The summed E-state index contributed by atoms with van der Waals surface area (Å²) in [6.45, 7) is 2.59. The van der Waals surface area contributed by atoms with Crippen LogP contribution in [0.1, 0.15) is 66.9 Å². The third kappa shape index (κ3) is 4.70. The smallest absolute Gasteiger partial charge is 0.255 e. The van der Waals surface area contributed by atoms with E-state index in [1.54, 1.807) is 4.90 Å². The van der Waals surface area contributed by atoms with Crippen LogP contribution in [0.25, 0.3) is 22.6 Å². The van der Waals surface area contributed by atoms with Gasteiger partial charge in [0.1, 0.15) is 11.9 Å². The Bertz CT molecular complexity index is 1310. The van der Waals surface area contributed by atoms with Crippen LogP contribution in [0, 0.1) is 0 Å². The number of aryl methyl sites for hydroxylation is 2. The van der Waals surface area contributed by atoms with Crippen molar-refractivity contribution in [3.05, 3.63) is 65.4 Å². The van der Waals surface area contributed by atoms with Gasteiger partial charge in [0.2, 0.25) is 11.8 Å². The van der Waals surface area contributed by atoms with Crippen LogP contribution >= 0.6 is 0 Å². The number of nitrogens with one attached hydrogen (secondary N) is 1. The highest BCUT2D eigenvalue weighted by Gasteiger charge is 2.39. The van der Waals surface area contributed by atoms with Gasteiger partial charge in [0.15, 0.2) is 0 Å². The Kier molecular flexibility index (Phi) is 6.72. The molecule has 0 bridgehead atoms. The monoisotopic (exact) mass is 484 g/mol. The molecule has 1 unspecified atom stereocenters. The Morgan fingerprint density at radius 3 is 2.53 bits per heavy atom. The molecule has 2 aliphatic rings. The fourth-order valence-electron chi connectivity index (χ4n) is 5.18. The van der Waals surface area contributed by atoms with Crippen molar-refractivity contribution in [2.24, 2.45) is 7.05 Å². The predicted molar refractivity (Wildman–Crippen MR) is 138 cm³/mol. The molecule has 186 valence electrons. The molecule has 0 radical (unpaired) electrons. The molecular weight excluding hydrogens is 452 g/mol. The summed E-state index contributed by atoms with van der Waals surface area (Å²) in [7, 11) is 1.99. The van der Waals surface area contributed by atoms with E-state index in [1.165, 1.54) is 31.2 Å². The number of unbranched alkanes of at least 4 members (excludes halogenated alkanes) is 3. The summed E-state index contributed by atoms with van der Waals surface area (Å²) in [5.41, 5.74) is 5.68. The number of amides is 3. The molecule has 7 heteroatoms. The van der Waals surface area contributed by atoms with Crippen molar-refractivity contribution < 1.29 is 14.4 Å². The van der Waals surface area contributed by atoms with E-state index in [9.17, 15) is 14.4 Å². The third-order valence-electron chi connectivity index (χ3n) is 7.23. The number of aromatic nitrogens is 2. The van der Waals surface area contributed by atoms with Crippen molar-refractivity contribution in [2.75, 3.05) is 0 Å². The van der Waals surface area contributed by atoms with E-state index in [0.717, 1.165) is 34.6 Å². The average Bonchev–Trinajstić information content (AvgIpc) is 3.42. The predicted octanol–water partition coefficient (Wildman–Crippen LogP) is 4.64. The number of piperidine rings is 1. The Morgan fingerprint density at radius 2 is 1.78 bits per heavy atom. The highest BCUT2D eigenvalue weighted by Crippen LogP contribution is 2.32. The van der Waals surface area contributed by atoms with Crippen molar-refractivity contribution in [3.8, 4) is 22.6 Å². The summed E-state index contributed by atoms with van der Waals surface area (Å²) in [4.78, 5) is 43.3. The van der Waals surface area contributed by atoms with Crippen LogP contribution in [-0.2, 0) is 29.6 Å². The molecule has 2 aliphatic heterocycles. The second kappa shape index (κ2) is 10.1. The third-order valence-corrected chi connectivity index (χ3v) is 7.23. The maximum absolute atomic E-state index is 13.0. The second-order valence-corrected chi connectivity index (χ2v) is 9.84. The first-order valence-electron chi connectivity index (χ1n) is 12.8. The van der Waals surface area contributed by atoms with Crippen molar-refractivity contribution >= 4 is 17.7 Å². The summed E-state index contributed by atoms with van der Waals surface area (Å²) in [5.74, 6) is 0.0519. The molecule has 0 spiro atoms. The number of carbonyl (C=O) groups is 3. The normalized spacial score (nSPS) is 17.4. The Hall–Kier alpha value is -3.74. The molecule has 0 saturated carbocycles. The lowest BCUT2D eigenvalue weighted by atomic mass is 10.0. The van der Waals surface area contributed by atoms with Crippen LogP contribution in [0.2, 0.25) is 0 Å². The van der Waals surface area contributed by atoms with Gasteiger partial charge in [0.05, 0.1) is 5.69 Å². The minimum absolute atomic E-state index is 0.164. The van der Waals surface area contributed by atoms with Gasteiger partial charge in [-0.05, 0) is 42.5 Å². The quantitative estimate of drug-likeness (QED) is 0.373. The number of fused-ring (bicyclic) bond motifs is 1. The zero-order valence-corrected chi connectivity index (χ0v) is 20.9. The topological polar surface area (TPSA) is 84.3 Å². The lowest BCUT2D eigenvalue weighted by molar-refractivity contribution is -0.136. The van der Waals surface area contributed by atoms with Crippen molar-refractivity contribution in [1.29, 1.82) is 0 Å². The second-order valence-electron chi connectivity index (χ2n) is 9.84. The zero-order chi connectivity index (χ0) is 25.2. The van der Waals surface area contributed by atoms with Gasteiger partial charge >= 0.3 is 0 Å². The van der Waals surface area contributed by atoms with Crippen LogP contribution in [0.3, 0.4) is 0 Å². The molecule has 1 saturated heterocycles. The summed E-state index contributed by atoms with van der Waals surface area (Å²) in [5, 5.41) is 2.35. The van der Waals surface area contributed by atoms with Gasteiger partial charge in [-0.3, -0.25) is 19.7 Å². The van der Waals surface area contributed by atoms with E-state index in [1.807, 2.05) is 36.0 Å². The molecule has 1 atom stereocenters. The van der Waals surface area contributed by atoms with Crippen molar-refractivity contribution in [3.63, 3.8) is 0 Å². The Labute approximate surface area is 211 Å². The van der Waals surface area contributed by atoms with Crippen LogP contribution in [0.15, 0.2) is 48.7 Å². The number of benzene rings is 2. The first-order valence-corrected chi connectivity index (χ1v) is 12.8. The van der Waals surface area contributed by atoms with Gasteiger partial charge in [-0.25, -0.2) is 4.98 Å². The number of hydrogen-bond donors (Lipinski definition) is 1. The minimum atomic E-state index is -0.609. The van der Waals surface area contributed by atoms with Gasteiger partial charge in [-0.15, -0.1) is 0 Å². The average molecular weight is 485 g/mol. The minimum Gasteiger partial charge on any atom is -0.333 e. The molecule has 7 nitrogen and oxygen atoms in total. The van der Waals surface area contributed by atoms with E-state index in [4.69, 9.17) is 4.98 Å². The van der Waals surface area contributed by atoms with Crippen LogP contribution in [0.4, 0.5) is 0 Å². The summed E-state index contributed by atoms with van der Waals surface area (Å²) < 4.78 is 2.03. The molecule has 0 aliphatic carbocycles. The van der Waals surface area contributed by atoms with Gasteiger partial charge in [0, 0.05) is 42.9 Å². The van der Waals surface area contributed by atoms with E-state index in [0.29, 0.717) is 18.5 Å². The van der Waals surface area contributed by atoms with E-state index >= 15 is 0 Å². The molecule has 2 aromatic carbocycles. The van der Waals surface area contributed by atoms with E-state index in [-0.39, 0.29) is 18.2 Å². The molecule has 1 aromatic heterocycles. The number of hydrogen-bond acceptors (Lipinski definition) is 4. The van der Waals surface area contributed by atoms with E-state index < -0.39 is 11.9 Å². The molecule has 3 aromatic rings. The highest BCUT2D eigenvalue weighted by atomic mass is 16.2. The fourth-order valence-corrected chi connectivity index (χ4v) is 5.18. The summed E-state index contributed by atoms with van der Waals surface area (Å²) >= 11 is 0. The summed E-state index contributed by atoms with van der Waals surface area (Å²) in [6, 6.07) is 13.8. The first-order chi connectivity index (χ1) is 17.4. The standard InChI is InChI=1S/C29H32N4O3/c1-3-4-5-6-7-19-8-10-20(11-9-19)27-30-24(18-32(27)2)21-12-13-23-22(16-21)17-33(29(23)36)25-14-15-26(34)31-28(25)35/h8-13,16,18,25H,3-7,14-15,17H2,1-2H3,(H,31,34,35). The van der Waals surface area contributed by atoms with Crippen LogP contribution < -0.4 is 5.32 Å². The Morgan fingerprint density at radius 1 is 1.00 bits per heavy atom. The van der Waals surface area contributed by atoms with E-state index in [2.05, 4.69) is 36.5 Å². The number of rotatable bonds is 8. The van der Waals surface area contributed by atoms with Gasteiger partial charge in [0.25, 0.3) is 5.91 Å². The Balaban J connectivity index is 1.32. The van der Waals surface area contributed by atoms with Crippen molar-refractivity contribution in [1.82, 2.24) is 19.8 Å². The SMILES string of the molecule is CCCCCCc1ccc(-c2nc(-c3ccc4c(c3)CN(C3CCC(=O)NC3=O)C4=O)cn2C)cc1. The van der Waals surface area contributed by atoms with Gasteiger partial charge < -0.3 is 9.47 Å². The maximum atomic E-state index is 13.0. The molecule has 5 rings (SSSR count). The largest absolute Gasteiger partial charge is 0.333 e. The first kappa shape index (κ1) is 24.0. The lowest BCUT2D eigenvalue weighted by Crippen LogP contribution is -2.52. The zero-order valence-electron chi connectivity index (χ0n) is 20.9. The number of imide groups is 1. The van der Waals surface area contributed by atoms with Crippen molar-refractivity contribution in [2.45, 2.75) is 64.5 Å². The summed E-state index contributed by atoms with van der Waals surface area (Å²) in [6.07, 6.45) is 8.76. The number of imidazole rings is 1. The van der Waals surface area contributed by atoms with Crippen LogP contribution in [0.5, 0.6) is 0 Å². The molecule has 36 heavy (non-hydrogen) atoms. The van der Waals surface area contributed by atoms with Crippen LogP contribution in [-0.4, -0.2) is 38.2 Å². The number of nitrogens with zero attached hydrogens (tertiary/aromatic N) is 3. The molecule has 3 amide bonds. The van der Waals surface area contributed by atoms with Gasteiger partial charge in [-0.1, -0.05) is 56.5 Å². The molecular formula is C29H32N4O3. The lowest BCUT2D eigenvalue weighted by Gasteiger charge is -2.29. The van der Waals surface area contributed by atoms with Gasteiger partial charge in [-0.2, -0.15) is 0 Å².